The van der Waals surface area contributed by atoms with E-state index in [4.69, 9.17) is 4.74 Å². The zero-order valence-corrected chi connectivity index (χ0v) is 33.8. The molecule has 0 aliphatic heterocycles. The summed E-state index contributed by atoms with van der Waals surface area (Å²) in [5, 5.41) is 35.3. The molecule has 0 aromatic heterocycles. The topological polar surface area (TPSA) is 133 Å². The number of ether oxygens (including phenoxy) is 1. The molecule has 0 heterocycles. The van der Waals surface area contributed by atoms with Gasteiger partial charge in [-0.25, -0.2) is 0 Å². The van der Waals surface area contributed by atoms with Crippen LogP contribution >= 0.6 is 0 Å². The van der Waals surface area contributed by atoms with Crippen molar-refractivity contribution in [3.05, 3.63) is 11.1 Å². The summed E-state index contributed by atoms with van der Waals surface area (Å²) in [4.78, 5) is 38.8. The van der Waals surface area contributed by atoms with E-state index in [0.717, 1.165) is 63.4 Å². The van der Waals surface area contributed by atoms with E-state index >= 15 is 0 Å². The SMILES string of the molecule is CC(C)C[C@@H](CO)NC[C@H](O)[C@@]12CC[C@]3(C)[C@H](CC[C@@H]4[C@@]5(C)CC[C@H](OC(=O)CC(C)(C)C(=O)O)C(C)(C)[C@@H]5CC[C@]43C)C1=C(C(C)C)C(=O)C2. The van der Waals surface area contributed by atoms with Gasteiger partial charge >= 0.3 is 11.9 Å². The van der Waals surface area contributed by atoms with E-state index in [1.807, 2.05) is 0 Å². The van der Waals surface area contributed by atoms with Gasteiger partial charge in [-0.15, -0.1) is 0 Å². The lowest BCUT2D eigenvalue weighted by Crippen LogP contribution is -2.66. The summed E-state index contributed by atoms with van der Waals surface area (Å²) in [6, 6.07) is -0.0799. The zero-order valence-electron chi connectivity index (χ0n) is 33.8. The number of hydrogen-bond acceptors (Lipinski definition) is 7. The van der Waals surface area contributed by atoms with Gasteiger partial charge < -0.3 is 25.4 Å². The van der Waals surface area contributed by atoms with Crippen LogP contribution in [0.4, 0.5) is 0 Å². The number of esters is 1. The molecule has 8 nitrogen and oxygen atoms in total. The fourth-order valence-corrected chi connectivity index (χ4v) is 13.2. The molecule has 4 N–H and O–H groups in total. The molecule has 8 heteroatoms. The Morgan fingerprint density at radius 1 is 0.922 bits per heavy atom. The first-order chi connectivity index (χ1) is 23.5. The summed E-state index contributed by atoms with van der Waals surface area (Å²) in [5.41, 5.74) is 0.339. The van der Waals surface area contributed by atoms with Crippen molar-refractivity contribution in [3.8, 4) is 0 Å². The highest BCUT2D eigenvalue weighted by molar-refractivity contribution is 6.00. The van der Waals surface area contributed by atoms with E-state index in [-0.39, 0.29) is 64.5 Å². The Hall–Kier alpha value is -1.77. The van der Waals surface area contributed by atoms with Crippen LogP contribution in [0.5, 0.6) is 0 Å². The molecule has 0 aromatic carbocycles. The second kappa shape index (κ2) is 13.8. The summed E-state index contributed by atoms with van der Waals surface area (Å²) in [6.07, 6.45) is 7.85. The third-order valence-electron chi connectivity index (χ3n) is 16.1. The molecular weight excluding hydrogens is 642 g/mol. The first-order valence-corrected chi connectivity index (χ1v) is 20.2. The first kappa shape index (κ1) is 40.4. The summed E-state index contributed by atoms with van der Waals surface area (Å²) in [7, 11) is 0. The minimum atomic E-state index is -1.17. The van der Waals surface area contributed by atoms with Crippen LogP contribution in [0.1, 0.15) is 147 Å². The van der Waals surface area contributed by atoms with E-state index in [1.54, 1.807) is 13.8 Å². The van der Waals surface area contributed by atoms with Crippen LogP contribution < -0.4 is 5.32 Å². The Labute approximate surface area is 308 Å². The maximum Gasteiger partial charge on any atom is 0.309 e. The van der Waals surface area contributed by atoms with Crippen molar-refractivity contribution < 1.29 is 34.4 Å². The summed E-state index contributed by atoms with van der Waals surface area (Å²) in [6.45, 7) is 24.2. The Kier molecular flexibility index (Phi) is 11.0. The number of carbonyl (C=O) groups excluding carboxylic acids is 2. The minimum Gasteiger partial charge on any atom is -0.481 e. The van der Waals surface area contributed by atoms with Crippen molar-refractivity contribution >= 4 is 17.7 Å². The predicted molar refractivity (Wildman–Crippen MR) is 200 cm³/mol. The normalized spacial score (nSPS) is 38.8. The summed E-state index contributed by atoms with van der Waals surface area (Å²) in [5.74, 6) is 0.402. The number of aliphatic carboxylic acids is 1. The van der Waals surface area contributed by atoms with E-state index in [1.165, 1.54) is 5.57 Å². The van der Waals surface area contributed by atoms with Gasteiger partial charge in [0.25, 0.3) is 0 Å². The molecule has 0 radical (unpaired) electrons. The quantitative estimate of drug-likeness (QED) is 0.151. The number of fused-ring (bicyclic) bond motifs is 7. The molecule has 5 aliphatic carbocycles. The first-order valence-electron chi connectivity index (χ1n) is 20.2. The molecule has 51 heavy (non-hydrogen) atoms. The number of aliphatic hydroxyl groups excluding tert-OH is 2. The number of carbonyl (C=O) groups is 3. The van der Waals surface area contributed by atoms with Crippen LogP contribution in [0.2, 0.25) is 0 Å². The summed E-state index contributed by atoms with van der Waals surface area (Å²) < 4.78 is 6.16. The van der Waals surface area contributed by atoms with E-state index in [9.17, 15) is 29.7 Å². The maximum atomic E-state index is 14.0. The fourth-order valence-electron chi connectivity index (χ4n) is 13.2. The Morgan fingerprint density at radius 3 is 2.18 bits per heavy atom. The molecular formula is C43H71NO7. The Balaban J connectivity index is 1.43. The van der Waals surface area contributed by atoms with Gasteiger partial charge in [0, 0.05) is 29.8 Å². The molecule has 0 spiro atoms. The molecule has 0 bridgehead atoms. The predicted octanol–water partition coefficient (Wildman–Crippen LogP) is 7.74. The van der Waals surface area contributed by atoms with Crippen molar-refractivity contribution in [1.82, 2.24) is 5.32 Å². The van der Waals surface area contributed by atoms with Gasteiger partial charge in [-0.05, 0) is 123 Å². The third kappa shape index (κ3) is 6.47. The van der Waals surface area contributed by atoms with Gasteiger partial charge in [0.1, 0.15) is 6.10 Å². The number of aliphatic hydroxyl groups is 2. The van der Waals surface area contributed by atoms with Gasteiger partial charge in [0.05, 0.1) is 24.5 Å². The van der Waals surface area contributed by atoms with Gasteiger partial charge in [-0.1, -0.05) is 67.9 Å². The fraction of sp³-hybridized carbons (Fsp3) is 0.884. The van der Waals surface area contributed by atoms with Crippen LogP contribution in [0.3, 0.4) is 0 Å². The van der Waals surface area contributed by atoms with E-state index < -0.39 is 28.9 Å². The lowest BCUT2D eigenvalue weighted by molar-refractivity contribution is -0.235. The van der Waals surface area contributed by atoms with Crippen molar-refractivity contribution in [2.75, 3.05) is 13.2 Å². The largest absolute Gasteiger partial charge is 0.481 e. The van der Waals surface area contributed by atoms with Gasteiger partial charge in [-0.3, -0.25) is 14.4 Å². The van der Waals surface area contributed by atoms with Crippen LogP contribution in [0.15, 0.2) is 11.1 Å². The van der Waals surface area contributed by atoms with Crippen LogP contribution in [0, 0.1) is 62.1 Å². The van der Waals surface area contributed by atoms with Crippen LogP contribution in [-0.4, -0.2) is 64.4 Å². The highest BCUT2D eigenvalue weighted by Crippen LogP contribution is 2.77. The monoisotopic (exact) mass is 714 g/mol. The molecule has 0 aromatic rings. The molecule has 5 rings (SSSR count). The second-order valence-corrected chi connectivity index (χ2v) is 20.5. The molecule has 0 amide bonds. The number of hydrogen-bond donors (Lipinski definition) is 4. The van der Waals surface area contributed by atoms with Gasteiger partial charge in [0.2, 0.25) is 0 Å². The second-order valence-electron chi connectivity index (χ2n) is 20.5. The molecule has 0 unspecified atom stereocenters. The zero-order chi connectivity index (χ0) is 38.1. The molecule has 0 saturated heterocycles. The van der Waals surface area contributed by atoms with Crippen molar-refractivity contribution in [3.63, 3.8) is 0 Å². The number of carboxylic acids is 1. The number of Topliss-reactive ketones (excluding diaryl/α,β-unsaturated/α-hetero) is 1. The van der Waals surface area contributed by atoms with Crippen LogP contribution in [0.25, 0.3) is 0 Å². The molecule has 4 fully saturated rings. The Bertz CT molecular complexity index is 1400. The average molecular weight is 714 g/mol. The molecule has 4 saturated carbocycles. The molecule has 5 aliphatic rings. The average Bonchev–Trinajstić information content (AvgIpc) is 3.33. The van der Waals surface area contributed by atoms with E-state index in [0.29, 0.717) is 30.7 Å². The number of allylic oxidation sites excluding steroid dienone is 1. The highest BCUT2D eigenvalue weighted by atomic mass is 16.5. The Morgan fingerprint density at radius 2 is 1.59 bits per heavy atom. The van der Waals surface area contributed by atoms with Gasteiger partial charge in [0.15, 0.2) is 5.78 Å². The van der Waals surface area contributed by atoms with E-state index in [2.05, 4.69) is 67.6 Å². The lowest BCUT2D eigenvalue weighted by atomic mass is 9.33. The summed E-state index contributed by atoms with van der Waals surface area (Å²) >= 11 is 0. The number of nitrogens with one attached hydrogen (secondary N) is 1. The van der Waals surface area contributed by atoms with Gasteiger partial charge in [-0.2, -0.15) is 0 Å². The maximum absolute atomic E-state index is 14.0. The third-order valence-corrected chi connectivity index (χ3v) is 16.1. The number of carboxylic acid groups (broad SMARTS) is 1. The van der Waals surface area contributed by atoms with Crippen LogP contribution in [-0.2, 0) is 19.1 Å². The smallest absolute Gasteiger partial charge is 0.309 e. The molecule has 10 atom stereocenters. The minimum absolute atomic E-state index is 0.0260. The van der Waals surface area contributed by atoms with Crippen molar-refractivity contribution in [2.45, 2.75) is 165 Å². The highest BCUT2D eigenvalue weighted by Gasteiger charge is 2.70. The molecule has 290 valence electrons. The standard InChI is InChI=1S/C43H71NO7/c1-25(2)20-27(24-45)44-23-32(47)43-19-18-41(10)28(36(43)35(26(3)4)29(46)21-43)12-13-31-40(9)16-15-33(51-34(48)22-38(5,6)37(49)50)39(7,8)30(40)14-17-42(31,41)11/h25-28,30-33,44-45,47H,12-24H2,1-11H3,(H,49,50)/t27-,28+,30-,31+,32-,33-,40-,41+,42+,43-/m0/s1. The van der Waals surface area contributed by atoms with Crippen molar-refractivity contribution in [1.29, 1.82) is 0 Å². The lowest BCUT2D eigenvalue weighted by Gasteiger charge is -2.72. The van der Waals surface area contributed by atoms with Crippen molar-refractivity contribution in [2.24, 2.45) is 62.1 Å². The number of ketones is 1. The number of rotatable bonds is 12.